The second-order valence-corrected chi connectivity index (χ2v) is 5.74. The van der Waals surface area contributed by atoms with E-state index in [1.807, 2.05) is 0 Å². The third kappa shape index (κ3) is 4.33. The normalized spacial score (nSPS) is 10.9. The molecule has 0 atom stereocenters. The molecule has 0 radical (unpaired) electrons. The zero-order valence-corrected chi connectivity index (χ0v) is 14.3. The zero-order valence-electron chi connectivity index (χ0n) is 13.5. The topological polar surface area (TPSA) is 113 Å². The van der Waals surface area contributed by atoms with Gasteiger partial charge in [-0.15, -0.1) is 0 Å². The van der Waals surface area contributed by atoms with Crippen LogP contribution in [0, 0.1) is 15.9 Å². The first-order valence-electron chi connectivity index (χ1n) is 7.53. The van der Waals surface area contributed by atoms with Gasteiger partial charge in [-0.25, -0.2) is 9.82 Å². The first kappa shape index (κ1) is 18.2. The monoisotopic (exact) mass is 387 g/mol. The third-order valence-corrected chi connectivity index (χ3v) is 3.87. The molecule has 27 heavy (non-hydrogen) atoms. The van der Waals surface area contributed by atoms with E-state index >= 15 is 0 Å². The van der Waals surface area contributed by atoms with Crippen LogP contribution in [0.25, 0.3) is 11.3 Å². The molecule has 3 rings (SSSR count). The van der Waals surface area contributed by atoms with Crippen molar-refractivity contribution in [1.29, 1.82) is 0 Å². The molecular formula is C17H11ClFN5O3. The molecule has 0 saturated heterocycles. The van der Waals surface area contributed by atoms with Crippen molar-refractivity contribution >= 4 is 29.4 Å². The molecule has 3 aromatic rings. The molecule has 0 bridgehead atoms. The maximum Gasteiger partial charge on any atom is 0.289 e. The number of aromatic amines is 1. The fraction of sp³-hybridized carbons (Fsp3) is 0. The van der Waals surface area contributed by atoms with E-state index in [0.29, 0.717) is 11.3 Å². The fourth-order valence-corrected chi connectivity index (χ4v) is 2.34. The average Bonchev–Trinajstić information content (AvgIpc) is 3.14. The molecule has 2 aromatic carbocycles. The van der Waals surface area contributed by atoms with Crippen molar-refractivity contribution in [3.05, 3.63) is 80.7 Å². The lowest BCUT2D eigenvalue weighted by atomic mass is 10.1. The van der Waals surface area contributed by atoms with Gasteiger partial charge in [0.2, 0.25) is 0 Å². The number of benzene rings is 2. The number of amides is 1. The Labute approximate surface area is 156 Å². The standard InChI is InChI=1S/C17H11ClFN5O3/c18-14-6-5-13(24(26)27)7-11(14)9-20-23-17(25)16-8-15(21-22-16)10-1-3-12(19)4-2-10/h1-9H,(H,21,22)(H,23,25). The van der Waals surface area contributed by atoms with Gasteiger partial charge in [-0.05, 0) is 36.4 Å². The number of aromatic nitrogens is 2. The molecule has 0 spiro atoms. The van der Waals surface area contributed by atoms with Crippen molar-refractivity contribution in [2.24, 2.45) is 5.10 Å². The molecule has 1 amide bonds. The van der Waals surface area contributed by atoms with Crippen molar-refractivity contribution in [1.82, 2.24) is 15.6 Å². The van der Waals surface area contributed by atoms with Crippen molar-refractivity contribution in [2.75, 3.05) is 0 Å². The second kappa shape index (κ2) is 7.75. The quantitative estimate of drug-likeness (QED) is 0.396. The summed E-state index contributed by atoms with van der Waals surface area (Å²) in [7, 11) is 0. The van der Waals surface area contributed by atoms with Crippen LogP contribution in [0.5, 0.6) is 0 Å². The van der Waals surface area contributed by atoms with E-state index in [1.165, 1.54) is 54.7 Å². The number of hydrazone groups is 1. The van der Waals surface area contributed by atoms with Crippen LogP contribution >= 0.6 is 11.6 Å². The van der Waals surface area contributed by atoms with Crippen LogP contribution in [0.2, 0.25) is 5.02 Å². The van der Waals surface area contributed by atoms with Gasteiger partial charge in [0.05, 0.1) is 16.8 Å². The summed E-state index contributed by atoms with van der Waals surface area (Å²) in [6, 6.07) is 11.0. The minimum atomic E-state index is -0.575. The van der Waals surface area contributed by atoms with Crippen LogP contribution in [0.15, 0.2) is 53.6 Å². The number of nitrogens with zero attached hydrogens (tertiary/aromatic N) is 3. The second-order valence-electron chi connectivity index (χ2n) is 5.34. The van der Waals surface area contributed by atoms with E-state index in [1.54, 1.807) is 0 Å². The minimum absolute atomic E-state index is 0.136. The first-order valence-corrected chi connectivity index (χ1v) is 7.90. The average molecular weight is 388 g/mol. The first-order chi connectivity index (χ1) is 12.9. The van der Waals surface area contributed by atoms with Crippen LogP contribution < -0.4 is 5.43 Å². The Bertz CT molecular complexity index is 1030. The van der Waals surface area contributed by atoms with Gasteiger partial charge in [-0.3, -0.25) is 20.0 Å². The molecular weight excluding hydrogens is 377 g/mol. The number of halogens is 2. The molecule has 0 aliphatic heterocycles. The predicted octanol–water partition coefficient (Wildman–Crippen LogP) is 3.54. The number of carbonyl (C=O) groups excluding carboxylic acids is 1. The predicted molar refractivity (Wildman–Crippen MR) is 97.1 cm³/mol. The largest absolute Gasteiger partial charge is 0.289 e. The number of carbonyl (C=O) groups is 1. The maximum atomic E-state index is 13.0. The highest BCUT2D eigenvalue weighted by Crippen LogP contribution is 2.20. The van der Waals surface area contributed by atoms with Crippen LogP contribution in [0.4, 0.5) is 10.1 Å². The van der Waals surface area contributed by atoms with Gasteiger partial charge in [-0.1, -0.05) is 11.6 Å². The van der Waals surface area contributed by atoms with Gasteiger partial charge < -0.3 is 0 Å². The van der Waals surface area contributed by atoms with Gasteiger partial charge >= 0.3 is 0 Å². The summed E-state index contributed by atoms with van der Waals surface area (Å²) in [5.41, 5.74) is 3.64. The van der Waals surface area contributed by atoms with E-state index in [-0.39, 0.29) is 27.8 Å². The van der Waals surface area contributed by atoms with Gasteiger partial charge in [0, 0.05) is 28.3 Å². The lowest BCUT2D eigenvalue weighted by Gasteiger charge is -1.99. The Hall–Kier alpha value is -3.59. The van der Waals surface area contributed by atoms with Crippen LogP contribution in [-0.2, 0) is 0 Å². The number of non-ortho nitro benzene ring substituents is 1. The summed E-state index contributed by atoms with van der Waals surface area (Å²) < 4.78 is 13.0. The van der Waals surface area contributed by atoms with Crippen molar-refractivity contribution in [2.45, 2.75) is 0 Å². The van der Waals surface area contributed by atoms with E-state index in [4.69, 9.17) is 11.6 Å². The Morgan fingerprint density at radius 1 is 1.26 bits per heavy atom. The highest BCUT2D eigenvalue weighted by Gasteiger charge is 2.11. The summed E-state index contributed by atoms with van der Waals surface area (Å²) in [5, 5.41) is 21.3. The molecule has 0 aliphatic carbocycles. The number of nitrogens with one attached hydrogen (secondary N) is 2. The van der Waals surface area contributed by atoms with Crippen molar-refractivity contribution in [3.63, 3.8) is 0 Å². The van der Waals surface area contributed by atoms with Crippen LogP contribution in [0.3, 0.4) is 0 Å². The summed E-state index contributed by atoms with van der Waals surface area (Å²) in [6.45, 7) is 0. The Balaban J connectivity index is 1.70. The Kier molecular flexibility index (Phi) is 5.23. The van der Waals surface area contributed by atoms with E-state index in [0.717, 1.165) is 0 Å². The number of hydrogen-bond acceptors (Lipinski definition) is 5. The molecule has 0 fully saturated rings. The number of hydrogen-bond donors (Lipinski definition) is 2. The Morgan fingerprint density at radius 2 is 2.00 bits per heavy atom. The smallest absolute Gasteiger partial charge is 0.272 e. The molecule has 2 N–H and O–H groups in total. The summed E-state index contributed by atoms with van der Waals surface area (Å²) in [6.07, 6.45) is 1.20. The Morgan fingerprint density at radius 3 is 2.70 bits per heavy atom. The number of nitro groups is 1. The number of rotatable bonds is 5. The highest BCUT2D eigenvalue weighted by molar-refractivity contribution is 6.33. The van der Waals surface area contributed by atoms with Gasteiger partial charge in [0.1, 0.15) is 11.5 Å². The molecule has 10 heteroatoms. The molecule has 136 valence electrons. The summed E-state index contributed by atoms with van der Waals surface area (Å²) >= 11 is 5.95. The third-order valence-electron chi connectivity index (χ3n) is 3.52. The van der Waals surface area contributed by atoms with E-state index in [9.17, 15) is 19.3 Å². The molecule has 8 nitrogen and oxygen atoms in total. The number of H-pyrrole nitrogens is 1. The molecule has 0 unspecified atom stereocenters. The van der Waals surface area contributed by atoms with E-state index in [2.05, 4.69) is 20.7 Å². The highest BCUT2D eigenvalue weighted by atomic mass is 35.5. The summed E-state index contributed by atoms with van der Waals surface area (Å²) in [5.74, 6) is -0.949. The minimum Gasteiger partial charge on any atom is -0.272 e. The summed E-state index contributed by atoms with van der Waals surface area (Å²) in [4.78, 5) is 22.3. The molecule has 0 aliphatic rings. The van der Waals surface area contributed by atoms with Gasteiger partial charge in [0.15, 0.2) is 0 Å². The lowest BCUT2D eigenvalue weighted by molar-refractivity contribution is -0.384. The number of nitro benzene ring substituents is 1. The SMILES string of the molecule is O=C(NN=Cc1cc([N+](=O)[O-])ccc1Cl)c1cc(-c2ccc(F)cc2)n[nH]1. The van der Waals surface area contributed by atoms with Gasteiger partial charge in [0.25, 0.3) is 11.6 Å². The maximum absolute atomic E-state index is 13.0. The van der Waals surface area contributed by atoms with Crippen LogP contribution in [0.1, 0.15) is 16.1 Å². The van der Waals surface area contributed by atoms with E-state index < -0.39 is 10.8 Å². The lowest BCUT2D eigenvalue weighted by Crippen LogP contribution is -2.18. The molecule has 1 aromatic heterocycles. The molecule has 0 saturated carbocycles. The van der Waals surface area contributed by atoms with Gasteiger partial charge in [-0.2, -0.15) is 10.2 Å². The molecule has 1 heterocycles. The van der Waals surface area contributed by atoms with Crippen molar-refractivity contribution < 1.29 is 14.1 Å². The fourth-order valence-electron chi connectivity index (χ4n) is 2.17. The zero-order chi connectivity index (χ0) is 19.4. The van der Waals surface area contributed by atoms with Crippen molar-refractivity contribution in [3.8, 4) is 11.3 Å². The van der Waals surface area contributed by atoms with Crippen LogP contribution in [-0.4, -0.2) is 27.2 Å².